The molecule has 0 saturated heterocycles. The third-order valence-corrected chi connectivity index (χ3v) is 4.68. The van der Waals surface area contributed by atoms with E-state index in [0.29, 0.717) is 5.69 Å². The van der Waals surface area contributed by atoms with E-state index in [9.17, 15) is 4.79 Å². The number of carbonyl (C=O) groups is 1. The molecule has 4 rings (SSSR count). The highest BCUT2D eigenvalue weighted by Gasteiger charge is 2.18. The first-order chi connectivity index (χ1) is 13.2. The van der Waals surface area contributed by atoms with Crippen LogP contribution in [0.3, 0.4) is 0 Å². The standard InChI is InChI=1S/C21H15BrN4O/c22-16-7-5-14(6-8-16)13-24-26-21(27)20-19(15-9-11-23-12-10-15)17-3-1-2-4-18(17)25-20/h1-13,25H,(H,26,27)/b24-13-. The van der Waals surface area contributed by atoms with Gasteiger partial charge in [-0.3, -0.25) is 9.78 Å². The number of aromatic nitrogens is 2. The lowest BCUT2D eigenvalue weighted by molar-refractivity contribution is 0.0951. The molecule has 2 aromatic heterocycles. The van der Waals surface area contributed by atoms with Crippen LogP contribution in [-0.4, -0.2) is 22.1 Å². The van der Waals surface area contributed by atoms with Crippen molar-refractivity contribution in [1.29, 1.82) is 0 Å². The van der Waals surface area contributed by atoms with Gasteiger partial charge in [-0.05, 0) is 41.5 Å². The number of hydrogen-bond acceptors (Lipinski definition) is 3. The summed E-state index contributed by atoms with van der Waals surface area (Å²) in [5.74, 6) is -0.300. The molecule has 0 spiro atoms. The van der Waals surface area contributed by atoms with Gasteiger partial charge < -0.3 is 4.98 Å². The molecule has 0 unspecified atom stereocenters. The Morgan fingerprint density at radius 1 is 1.04 bits per heavy atom. The Morgan fingerprint density at radius 3 is 2.56 bits per heavy atom. The van der Waals surface area contributed by atoms with E-state index in [2.05, 4.69) is 36.4 Å². The molecule has 2 aromatic carbocycles. The number of hydrazone groups is 1. The summed E-state index contributed by atoms with van der Waals surface area (Å²) in [6.07, 6.45) is 5.04. The number of rotatable bonds is 4. The molecule has 2 N–H and O–H groups in total. The van der Waals surface area contributed by atoms with Crippen molar-refractivity contribution in [2.24, 2.45) is 5.10 Å². The van der Waals surface area contributed by atoms with Gasteiger partial charge in [0.15, 0.2) is 0 Å². The van der Waals surface area contributed by atoms with Gasteiger partial charge in [-0.1, -0.05) is 46.3 Å². The fourth-order valence-corrected chi connectivity index (χ4v) is 3.17. The van der Waals surface area contributed by atoms with E-state index in [1.165, 1.54) is 0 Å². The summed E-state index contributed by atoms with van der Waals surface area (Å²) in [4.78, 5) is 20.0. The molecule has 27 heavy (non-hydrogen) atoms. The van der Waals surface area contributed by atoms with Crippen LogP contribution in [0.4, 0.5) is 0 Å². The van der Waals surface area contributed by atoms with Crippen LogP contribution in [0.1, 0.15) is 16.1 Å². The third kappa shape index (κ3) is 3.66. The number of hydrogen-bond donors (Lipinski definition) is 2. The predicted octanol–water partition coefficient (Wildman–Crippen LogP) is 4.76. The van der Waals surface area contributed by atoms with Crippen LogP contribution in [-0.2, 0) is 0 Å². The second-order valence-electron chi connectivity index (χ2n) is 5.91. The molecule has 0 aliphatic carbocycles. The summed E-state index contributed by atoms with van der Waals surface area (Å²) in [5.41, 5.74) is 6.62. The highest BCUT2D eigenvalue weighted by molar-refractivity contribution is 9.10. The van der Waals surface area contributed by atoms with E-state index in [1.807, 2.05) is 60.7 Å². The topological polar surface area (TPSA) is 70.1 Å². The molecule has 0 saturated carbocycles. The SMILES string of the molecule is O=C(N/N=C\c1ccc(Br)cc1)c1[nH]c2ccccc2c1-c1ccncc1. The largest absolute Gasteiger partial charge is 0.350 e. The number of carbonyl (C=O) groups excluding carboxylic acids is 1. The van der Waals surface area contributed by atoms with Gasteiger partial charge in [-0.2, -0.15) is 5.10 Å². The van der Waals surface area contributed by atoms with Crippen molar-refractivity contribution in [3.05, 3.63) is 88.8 Å². The molecule has 0 radical (unpaired) electrons. The minimum atomic E-state index is -0.300. The lowest BCUT2D eigenvalue weighted by Crippen LogP contribution is -2.18. The summed E-state index contributed by atoms with van der Waals surface area (Å²) in [6, 6.07) is 19.2. The van der Waals surface area contributed by atoms with Crippen LogP contribution >= 0.6 is 15.9 Å². The quantitative estimate of drug-likeness (QED) is 0.370. The zero-order valence-corrected chi connectivity index (χ0v) is 15.8. The van der Waals surface area contributed by atoms with Gasteiger partial charge in [0.2, 0.25) is 0 Å². The van der Waals surface area contributed by atoms with E-state index < -0.39 is 0 Å². The molecule has 1 amide bonds. The highest BCUT2D eigenvalue weighted by Crippen LogP contribution is 2.32. The van der Waals surface area contributed by atoms with Crippen LogP contribution in [0.25, 0.3) is 22.0 Å². The predicted molar refractivity (Wildman–Crippen MR) is 111 cm³/mol. The second kappa shape index (κ2) is 7.55. The first-order valence-corrected chi connectivity index (χ1v) is 9.12. The maximum absolute atomic E-state index is 12.8. The summed E-state index contributed by atoms with van der Waals surface area (Å²) in [7, 11) is 0. The smallest absolute Gasteiger partial charge is 0.288 e. The lowest BCUT2D eigenvalue weighted by Gasteiger charge is -2.04. The number of benzene rings is 2. The molecule has 0 aliphatic rings. The zero-order chi connectivity index (χ0) is 18.6. The number of H-pyrrole nitrogens is 1. The zero-order valence-electron chi connectivity index (χ0n) is 14.2. The molecule has 2 heterocycles. The van der Waals surface area contributed by atoms with Gasteiger partial charge in [-0.15, -0.1) is 0 Å². The van der Waals surface area contributed by atoms with Crippen LogP contribution in [0.15, 0.2) is 82.6 Å². The molecule has 0 fully saturated rings. The van der Waals surface area contributed by atoms with Crippen molar-refractivity contribution in [2.45, 2.75) is 0 Å². The number of para-hydroxylation sites is 1. The second-order valence-corrected chi connectivity index (χ2v) is 6.82. The van der Waals surface area contributed by atoms with E-state index >= 15 is 0 Å². The Labute approximate surface area is 164 Å². The van der Waals surface area contributed by atoms with Crippen LogP contribution in [0.5, 0.6) is 0 Å². The Kier molecular flexibility index (Phi) is 4.80. The number of nitrogens with zero attached hydrogens (tertiary/aromatic N) is 2. The lowest BCUT2D eigenvalue weighted by atomic mass is 10.0. The molecule has 0 bridgehead atoms. The number of pyridine rings is 1. The van der Waals surface area contributed by atoms with Gasteiger partial charge >= 0.3 is 0 Å². The molecular weight excluding hydrogens is 404 g/mol. The fraction of sp³-hybridized carbons (Fsp3) is 0. The number of aromatic amines is 1. The van der Waals surface area contributed by atoms with E-state index in [-0.39, 0.29) is 5.91 Å². The number of nitrogens with one attached hydrogen (secondary N) is 2. The average Bonchev–Trinajstić information content (AvgIpc) is 3.10. The van der Waals surface area contributed by atoms with Crippen LogP contribution in [0, 0.1) is 0 Å². The van der Waals surface area contributed by atoms with Crippen LogP contribution in [0.2, 0.25) is 0 Å². The molecular formula is C21H15BrN4O. The maximum atomic E-state index is 12.8. The summed E-state index contributed by atoms with van der Waals surface area (Å²) in [6.45, 7) is 0. The third-order valence-electron chi connectivity index (χ3n) is 4.15. The van der Waals surface area contributed by atoms with Gasteiger partial charge in [0.1, 0.15) is 5.69 Å². The normalized spacial score (nSPS) is 11.1. The molecule has 5 nitrogen and oxygen atoms in total. The summed E-state index contributed by atoms with van der Waals surface area (Å²) < 4.78 is 0.990. The minimum Gasteiger partial charge on any atom is -0.350 e. The van der Waals surface area contributed by atoms with Crippen molar-refractivity contribution < 1.29 is 4.79 Å². The Hall–Kier alpha value is -3.25. The number of amides is 1. The summed E-state index contributed by atoms with van der Waals surface area (Å²) in [5, 5.41) is 5.06. The van der Waals surface area contributed by atoms with Crippen molar-refractivity contribution >= 4 is 39.0 Å². The van der Waals surface area contributed by atoms with Gasteiger partial charge in [-0.25, -0.2) is 5.43 Å². The van der Waals surface area contributed by atoms with Crippen molar-refractivity contribution in [3.63, 3.8) is 0 Å². The Balaban J connectivity index is 1.66. The van der Waals surface area contributed by atoms with Gasteiger partial charge in [0, 0.05) is 33.3 Å². The summed E-state index contributed by atoms with van der Waals surface area (Å²) >= 11 is 3.39. The van der Waals surface area contributed by atoms with E-state index in [1.54, 1.807) is 18.6 Å². The fourth-order valence-electron chi connectivity index (χ4n) is 2.90. The maximum Gasteiger partial charge on any atom is 0.288 e. The Morgan fingerprint density at radius 2 is 1.78 bits per heavy atom. The molecule has 0 aliphatic heterocycles. The van der Waals surface area contributed by atoms with Crippen molar-refractivity contribution in [1.82, 2.24) is 15.4 Å². The van der Waals surface area contributed by atoms with E-state index in [4.69, 9.17) is 0 Å². The molecule has 0 atom stereocenters. The number of halogens is 1. The Bertz CT molecular complexity index is 1120. The van der Waals surface area contributed by atoms with Gasteiger partial charge in [0.25, 0.3) is 5.91 Å². The first-order valence-electron chi connectivity index (χ1n) is 8.32. The highest BCUT2D eigenvalue weighted by atomic mass is 79.9. The molecule has 6 heteroatoms. The van der Waals surface area contributed by atoms with Crippen molar-refractivity contribution in [2.75, 3.05) is 0 Å². The van der Waals surface area contributed by atoms with Gasteiger partial charge in [0.05, 0.1) is 6.21 Å². The average molecular weight is 419 g/mol. The van der Waals surface area contributed by atoms with Crippen molar-refractivity contribution in [3.8, 4) is 11.1 Å². The van der Waals surface area contributed by atoms with Crippen LogP contribution < -0.4 is 5.43 Å². The number of fused-ring (bicyclic) bond motifs is 1. The first kappa shape index (κ1) is 17.2. The van der Waals surface area contributed by atoms with E-state index in [0.717, 1.165) is 32.1 Å². The monoisotopic (exact) mass is 418 g/mol. The molecule has 132 valence electrons. The molecule has 4 aromatic rings. The minimum absolute atomic E-state index is 0.300.